The lowest BCUT2D eigenvalue weighted by Gasteiger charge is -2.17. The SMILES string of the molecule is CN1C(=O)C(C)(C)c2cc(-c3ccc(C#N)n3C)cc(F)c21. The molecule has 22 heavy (non-hydrogen) atoms. The Hall–Kier alpha value is -2.61. The highest BCUT2D eigenvalue weighted by Gasteiger charge is 2.44. The van der Waals surface area contributed by atoms with Crippen LogP contribution in [0.5, 0.6) is 0 Å². The Morgan fingerprint density at radius 1 is 1.23 bits per heavy atom. The standard InChI is InChI=1S/C17H16FN3O/c1-17(2)12-7-10(14-6-5-11(9-19)20(14)3)8-13(18)15(12)21(4)16(17)22/h5-8H,1-4H3. The number of hydrogen-bond acceptors (Lipinski definition) is 2. The van der Waals surface area contributed by atoms with Crippen LogP contribution < -0.4 is 4.90 Å². The number of rotatable bonds is 1. The van der Waals surface area contributed by atoms with Gasteiger partial charge in [0.15, 0.2) is 0 Å². The van der Waals surface area contributed by atoms with E-state index in [9.17, 15) is 9.18 Å². The fourth-order valence-electron chi connectivity index (χ4n) is 3.11. The van der Waals surface area contributed by atoms with Gasteiger partial charge in [-0.15, -0.1) is 0 Å². The summed E-state index contributed by atoms with van der Waals surface area (Å²) < 4.78 is 16.3. The monoisotopic (exact) mass is 297 g/mol. The van der Waals surface area contributed by atoms with Gasteiger partial charge in [0, 0.05) is 25.4 Å². The maximum absolute atomic E-state index is 14.6. The van der Waals surface area contributed by atoms with Crippen LogP contribution in [-0.2, 0) is 17.3 Å². The number of carbonyl (C=O) groups excluding carboxylic acids is 1. The molecule has 0 bridgehead atoms. The van der Waals surface area contributed by atoms with E-state index in [0.717, 1.165) is 5.69 Å². The Labute approximate surface area is 128 Å². The first-order chi connectivity index (χ1) is 10.3. The number of anilines is 1. The molecule has 0 saturated heterocycles. The van der Waals surface area contributed by atoms with Crippen molar-refractivity contribution in [2.45, 2.75) is 19.3 Å². The van der Waals surface area contributed by atoms with E-state index in [1.54, 1.807) is 44.6 Å². The van der Waals surface area contributed by atoms with E-state index in [1.807, 2.05) is 6.07 Å². The van der Waals surface area contributed by atoms with Crippen molar-refractivity contribution in [2.75, 3.05) is 11.9 Å². The normalized spacial score (nSPS) is 15.8. The van der Waals surface area contributed by atoms with Gasteiger partial charge < -0.3 is 9.47 Å². The van der Waals surface area contributed by atoms with Crippen LogP contribution in [-0.4, -0.2) is 17.5 Å². The van der Waals surface area contributed by atoms with Crippen LogP contribution in [0.2, 0.25) is 0 Å². The van der Waals surface area contributed by atoms with Gasteiger partial charge in [-0.3, -0.25) is 4.79 Å². The zero-order valence-electron chi connectivity index (χ0n) is 12.9. The zero-order chi connectivity index (χ0) is 16.2. The van der Waals surface area contributed by atoms with Crippen LogP contribution in [0.4, 0.5) is 10.1 Å². The lowest BCUT2D eigenvalue weighted by Crippen LogP contribution is -2.33. The van der Waals surface area contributed by atoms with Crippen molar-refractivity contribution < 1.29 is 9.18 Å². The Bertz CT molecular complexity index is 842. The number of carbonyl (C=O) groups is 1. The summed E-state index contributed by atoms with van der Waals surface area (Å²) in [5, 5.41) is 9.04. The van der Waals surface area contributed by atoms with Gasteiger partial charge in [-0.05, 0) is 43.7 Å². The Morgan fingerprint density at radius 3 is 2.50 bits per heavy atom. The molecule has 0 spiro atoms. The summed E-state index contributed by atoms with van der Waals surface area (Å²) in [6, 6.07) is 8.83. The predicted octanol–water partition coefficient (Wildman–Crippen LogP) is 2.96. The summed E-state index contributed by atoms with van der Waals surface area (Å²) in [5.41, 5.74) is 2.17. The molecule has 5 heteroatoms. The fourth-order valence-corrected chi connectivity index (χ4v) is 3.11. The Balaban J connectivity index is 2.25. The third-order valence-corrected chi connectivity index (χ3v) is 4.44. The molecule has 1 aliphatic heterocycles. The summed E-state index contributed by atoms with van der Waals surface area (Å²) in [7, 11) is 3.36. The number of nitrogens with zero attached hydrogens (tertiary/aromatic N) is 3. The molecule has 0 unspecified atom stereocenters. The number of nitriles is 1. The lowest BCUT2D eigenvalue weighted by molar-refractivity contribution is -0.121. The number of benzene rings is 1. The van der Waals surface area contributed by atoms with Gasteiger partial charge in [0.2, 0.25) is 5.91 Å². The lowest BCUT2D eigenvalue weighted by atomic mass is 9.85. The minimum Gasteiger partial charge on any atom is -0.335 e. The van der Waals surface area contributed by atoms with Crippen LogP contribution in [0, 0.1) is 17.1 Å². The Morgan fingerprint density at radius 2 is 1.91 bits per heavy atom. The molecule has 0 atom stereocenters. The van der Waals surface area contributed by atoms with Gasteiger partial charge in [-0.1, -0.05) is 0 Å². The zero-order valence-corrected chi connectivity index (χ0v) is 12.9. The molecule has 1 aliphatic rings. The van der Waals surface area contributed by atoms with Gasteiger partial charge in [-0.2, -0.15) is 5.26 Å². The first-order valence-electron chi connectivity index (χ1n) is 6.97. The van der Waals surface area contributed by atoms with Gasteiger partial charge in [0.25, 0.3) is 0 Å². The molecular weight excluding hydrogens is 281 g/mol. The topological polar surface area (TPSA) is 49.0 Å². The van der Waals surface area contributed by atoms with Crippen LogP contribution in [0.15, 0.2) is 24.3 Å². The van der Waals surface area contributed by atoms with E-state index in [2.05, 4.69) is 6.07 Å². The molecule has 1 aromatic heterocycles. The van der Waals surface area contributed by atoms with Crippen LogP contribution in [0.1, 0.15) is 25.1 Å². The second-order valence-electron chi connectivity index (χ2n) is 6.12. The summed E-state index contributed by atoms with van der Waals surface area (Å²) in [5.74, 6) is -0.545. The van der Waals surface area contributed by atoms with Gasteiger partial charge >= 0.3 is 0 Å². The first-order valence-corrected chi connectivity index (χ1v) is 6.97. The van der Waals surface area contributed by atoms with Crippen molar-refractivity contribution in [1.82, 2.24) is 4.57 Å². The van der Waals surface area contributed by atoms with Crippen molar-refractivity contribution in [1.29, 1.82) is 5.26 Å². The molecule has 0 N–H and O–H groups in total. The second kappa shape index (κ2) is 4.44. The van der Waals surface area contributed by atoms with E-state index in [-0.39, 0.29) is 5.91 Å². The largest absolute Gasteiger partial charge is 0.335 e. The summed E-state index contributed by atoms with van der Waals surface area (Å²) >= 11 is 0. The quantitative estimate of drug-likeness (QED) is 0.812. The molecule has 1 aromatic carbocycles. The molecule has 1 amide bonds. The molecule has 2 aromatic rings. The second-order valence-corrected chi connectivity index (χ2v) is 6.12. The fraction of sp³-hybridized carbons (Fsp3) is 0.294. The summed E-state index contributed by atoms with van der Waals surface area (Å²) in [6.45, 7) is 3.60. The maximum atomic E-state index is 14.6. The molecule has 0 fully saturated rings. The smallest absolute Gasteiger partial charge is 0.236 e. The third-order valence-electron chi connectivity index (χ3n) is 4.44. The van der Waals surface area contributed by atoms with Crippen LogP contribution >= 0.6 is 0 Å². The van der Waals surface area contributed by atoms with Crippen molar-refractivity contribution in [3.05, 3.63) is 41.3 Å². The minimum atomic E-state index is -0.760. The van der Waals surface area contributed by atoms with Crippen molar-refractivity contribution in [3.63, 3.8) is 0 Å². The molecule has 0 saturated carbocycles. The van der Waals surface area contributed by atoms with Gasteiger partial charge in [-0.25, -0.2) is 4.39 Å². The highest BCUT2D eigenvalue weighted by molar-refractivity contribution is 6.07. The van der Waals surface area contributed by atoms with E-state index in [0.29, 0.717) is 22.5 Å². The van der Waals surface area contributed by atoms with Crippen molar-refractivity contribution in [2.24, 2.45) is 7.05 Å². The Kier molecular flexibility index (Phi) is 2.89. The van der Waals surface area contributed by atoms with Gasteiger partial charge in [0.05, 0.1) is 11.1 Å². The number of fused-ring (bicyclic) bond motifs is 1. The van der Waals surface area contributed by atoms with E-state index >= 15 is 0 Å². The minimum absolute atomic E-state index is 0.122. The molecule has 4 nitrogen and oxygen atoms in total. The first kappa shape index (κ1) is 14.3. The highest BCUT2D eigenvalue weighted by Crippen LogP contribution is 2.44. The van der Waals surface area contributed by atoms with E-state index in [1.165, 1.54) is 11.0 Å². The molecular formula is C17H16FN3O. The van der Waals surface area contributed by atoms with E-state index < -0.39 is 11.2 Å². The van der Waals surface area contributed by atoms with E-state index in [4.69, 9.17) is 5.26 Å². The number of amides is 1. The van der Waals surface area contributed by atoms with Crippen LogP contribution in [0.25, 0.3) is 11.3 Å². The number of hydrogen-bond donors (Lipinski definition) is 0. The van der Waals surface area contributed by atoms with Gasteiger partial charge in [0.1, 0.15) is 17.6 Å². The molecule has 3 rings (SSSR count). The molecule has 112 valence electrons. The average Bonchev–Trinajstić information content (AvgIpc) is 2.92. The molecule has 0 radical (unpaired) electrons. The summed E-state index contributed by atoms with van der Waals surface area (Å²) in [4.78, 5) is 13.7. The van der Waals surface area contributed by atoms with Crippen molar-refractivity contribution >= 4 is 11.6 Å². The predicted molar refractivity (Wildman–Crippen MR) is 82.0 cm³/mol. The molecule has 0 aliphatic carbocycles. The number of aromatic nitrogens is 1. The van der Waals surface area contributed by atoms with Crippen LogP contribution in [0.3, 0.4) is 0 Å². The van der Waals surface area contributed by atoms with Crippen molar-refractivity contribution in [3.8, 4) is 17.3 Å². The third kappa shape index (κ3) is 1.70. The summed E-state index contributed by atoms with van der Waals surface area (Å²) in [6.07, 6.45) is 0. The maximum Gasteiger partial charge on any atom is 0.236 e. The molecule has 2 heterocycles. The number of likely N-dealkylation sites (N-methyl/N-ethyl adjacent to an activating group) is 1. The highest BCUT2D eigenvalue weighted by atomic mass is 19.1. The average molecular weight is 297 g/mol. The number of halogens is 1.